The van der Waals surface area contributed by atoms with E-state index in [9.17, 15) is 0 Å². The monoisotopic (exact) mass is 319 g/mol. The van der Waals surface area contributed by atoms with E-state index in [0.717, 1.165) is 5.69 Å². The molecule has 1 heterocycles. The zero-order valence-corrected chi connectivity index (χ0v) is 13.8. The molecule has 24 heavy (non-hydrogen) atoms. The SMILES string of the molecule is C[C@H](Nc1nnnn1-c1ccccc1)c1ccc2c(c1)CCCC2. The Morgan fingerprint density at radius 2 is 1.79 bits per heavy atom. The van der Waals surface area contributed by atoms with Gasteiger partial charge in [-0.1, -0.05) is 41.5 Å². The molecule has 1 aliphatic rings. The molecule has 5 nitrogen and oxygen atoms in total. The van der Waals surface area contributed by atoms with Crippen LogP contribution in [0.3, 0.4) is 0 Å². The zero-order chi connectivity index (χ0) is 16.4. The van der Waals surface area contributed by atoms with Crippen molar-refractivity contribution in [2.45, 2.75) is 38.6 Å². The summed E-state index contributed by atoms with van der Waals surface area (Å²) < 4.78 is 1.73. The first kappa shape index (κ1) is 14.9. The first-order valence-electron chi connectivity index (χ1n) is 8.53. The molecule has 0 bridgehead atoms. The molecule has 1 atom stereocenters. The van der Waals surface area contributed by atoms with Gasteiger partial charge in [-0.2, -0.15) is 4.68 Å². The molecule has 4 rings (SSSR count). The van der Waals surface area contributed by atoms with Crippen molar-refractivity contribution in [3.05, 3.63) is 65.2 Å². The number of aromatic nitrogens is 4. The largest absolute Gasteiger partial charge is 0.346 e. The van der Waals surface area contributed by atoms with Gasteiger partial charge >= 0.3 is 0 Å². The quantitative estimate of drug-likeness (QED) is 0.796. The molecule has 0 fully saturated rings. The Kier molecular flexibility index (Phi) is 3.99. The van der Waals surface area contributed by atoms with Crippen LogP contribution in [0, 0.1) is 0 Å². The maximum atomic E-state index is 4.14. The van der Waals surface area contributed by atoms with Crippen molar-refractivity contribution < 1.29 is 0 Å². The van der Waals surface area contributed by atoms with E-state index in [1.807, 2.05) is 30.3 Å². The molecular formula is C19H21N5. The highest BCUT2D eigenvalue weighted by atomic mass is 15.6. The van der Waals surface area contributed by atoms with Crippen LogP contribution >= 0.6 is 0 Å². The second-order valence-electron chi connectivity index (χ2n) is 6.35. The van der Waals surface area contributed by atoms with Gasteiger partial charge in [-0.25, -0.2) is 0 Å². The summed E-state index contributed by atoms with van der Waals surface area (Å²) in [5.41, 5.74) is 5.22. The smallest absolute Gasteiger partial charge is 0.248 e. The number of tetrazole rings is 1. The van der Waals surface area contributed by atoms with Crippen LogP contribution in [0.2, 0.25) is 0 Å². The second-order valence-corrected chi connectivity index (χ2v) is 6.35. The lowest BCUT2D eigenvalue weighted by Crippen LogP contribution is -2.13. The summed E-state index contributed by atoms with van der Waals surface area (Å²) >= 11 is 0. The fraction of sp³-hybridized carbons (Fsp3) is 0.316. The molecule has 1 N–H and O–H groups in total. The molecule has 0 unspecified atom stereocenters. The fourth-order valence-electron chi connectivity index (χ4n) is 3.32. The van der Waals surface area contributed by atoms with Crippen molar-refractivity contribution in [1.82, 2.24) is 20.2 Å². The topological polar surface area (TPSA) is 55.6 Å². The van der Waals surface area contributed by atoms with Crippen molar-refractivity contribution in [3.63, 3.8) is 0 Å². The Bertz CT molecular complexity index is 825. The predicted molar refractivity (Wildman–Crippen MR) is 94.3 cm³/mol. The van der Waals surface area contributed by atoms with Gasteiger partial charge in [0, 0.05) is 0 Å². The molecule has 2 aromatic carbocycles. The molecule has 0 spiro atoms. The van der Waals surface area contributed by atoms with E-state index < -0.39 is 0 Å². The summed E-state index contributed by atoms with van der Waals surface area (Å²) in [6.45, 7) is 2.15. The van der Waals surface area contributed by atoms with Gasteiger partial charge in [0.2, 0.25) is 5.95 Å². The van der Waals surface area contributed by atoms with Crippen LogP contribution in [0.25, 0.3) is 5.69 Å². The number of anilines is 1. The number of nitrogens with one attached hydrogen (secondary N) is 1. The molecule has 5 heteroatoms. The molecule has 1 aliphatic carbocycles. The van der Waals surface area contributed by atoms with Crippen molar-refractivity contribution in [1.29, 1.82) is 0 Å². The van der Waals surface area contributed by atoms with Gasteiger partial charge in [0.1, 0.15) is 0 Å². The summed E-state index contributed by atoms with van der Waals surface area (Å²) in [6, 6.07) is 16.9. The third-order valence-electron chi connectivity index (χ3n) is 4.69. The number of para-hydroxylation sites is 1. The first-order chi connectivity index (χ1) is 11.8. The molecule has 122 valence electrons. The molecule has 0 radical (unpaired) electrons. The third kappa shape index (κ3) is 2.89. The molecule has 0 saturated heterocycles. The average Bonchev–Trinajstić information content (AvgIpc) is 3.10. The van der Waals surface area contributed by atoms with Crippen molar-refractivity contribution in [2.75, 3.05) is 5.32 Å². The van der Waals surface area contributed by atoms with Crippen LogP contribution in [0.4, 0.5) is 5.95 Å². The Labute approximate surface area is 141 Å². The van der Waals surface area contributed by atoms with Gasteiger partial charge in [0.25, 0.3) is 0 Å². The fourth-order valence-corrected chi connectivity index (χ4v) is 3.32. The van der Waals surface area contributed by atoms with Gasteiger partial charge in [-0.15, -0.1) is 0 Å². The van der Waals surface area contributed by atoms with Crippen LogP contribution in [0.1, 0.15) is 42.5 Å². The van der Waals surface area contributed by atoms with Gasteiger partial charge in [0.15, 0.2) is 0 Å². The van der Waals surface area contributed by atoms with Crippen LogP contribution in [0.5, 0.6) is 0 Å². The van der Waals surface area contributed by atoms with E-state index in [4.69, 9.17) is 0 Å². The summed E-state index contributed by atoms with van der Waals surface area (Å²) in [7, 11) is 0. The van der Waals surface area contributed by atoms with E-state index >= 15 is 0 Å². The normalized spacial score (nSPS) is 14.9. The molecule has 0 aliphatic heterocycles. The van der Waals surface area contributed by atoms with Crippen LogP contribution in [0.15, 0.2) is 48.5 Å². The molecule has 3 aromatic rings. The highest BCUT2D eigenvalue weighted by Crippen LogP contribution is 2.26. The van der Waals surface area contributed by atoms with Gasteiger partial charge in [-0.05, 0) is 71.9 Å². The van der Waals surface area contributed by atoms with E-state index in [2.05, 4.69) is 46.0 Å². The highest BCUT2D eigenvalue weighted by Gasteiger charge is 2.15. The Balaban J connectivity index is 1.57. The maximum Gasteiger partial charge on any atom is 0.248 e. The number of hydrogen-bond acceptors (Lipinski definition) is 4. The van der Waals surface area contributed by atoms with Crippen molar-refractivity contribution in [2.24, 2.45) is 0 Å². The second kappa shape index (κ2) is 6.43. The summed E-state index contributed by atoms with van der Waals surface area (Å²) in [6.07, 6.45) is 5.01. The zero-order valence-electron chi connectivity index (χ0n) is 13.8. The number of nitrogens with zero attached hydrogens (tertiary/aromatic N) is 4. The van der Waals surface area contributed by atoms with E-state index in [0.29, 0.717) is 5.95 Å². The molecule has 0 amide bonds. The number of fused-ring (bicyclic) bond motifs is 1. The standard InChI is InChI=1S/C19H21N5/c1-14(16-12-11-15-7-5-6-8-17(15)13-16)20-19-21-22-23-24(19)18-9-3-2-4-10-18/h2-4,9-14H,5-8H2,1H3,(H,20,21,23)/t14-/m0/s1. The third-order valence-corrected chi connectivity index (χ3v) is 4.69. The Hall–Kier alpha value is -2.69. The van der Waals surface area contributed by atoms with Crippen molar-refractivity contribution >= 4 is 5.95 Å². The summed E-state index contributed by atoms with van der Waals surface area (Å²) in [5, 5.41) is 15.5. The summed E-state index contributed by atoms with van der Waals surface area (Å²) in [5.74, 6) is 0.659. The lowest BCUT2D eigenvalue weighted by molar-refractivity contribution is 0.682. The predicted octanol–water partition coefficient (Wildman–Crippen LogP) is 3.71. The minimum absolute atomic E-state index is 0.144. The van der Waals surface area contributed by atoms with Crippen LogP contribution in [-0.2, 0) is 12.8 Å². The number of rotatable bonds is 4. The number of hydrogen-bond donors (Lipinski definition) is 1. The lowest BCUT2D eigenvalue weighted by atomic mass is 9.89. The Morgan fingerprint density at radius 1 is 1.00 bits per heavy atom. The van der Waals surface area contributed by atoms with Crippen LogP contribution < -0.4 is 5.32 Å². The summed E-state index contributed by atoms with van der Waals surface area (Å²) in [4.78, 5) is 0. The average molecular weight is 319 g/mol. The van der Waals surface area contributed by atoms with E-state index in [-0.39, 0.29) is 6.04 Å². The minimum atomic E-state index is 0.144. The van der Waals surface area contributed by atoms with Gasteiger partial charge in [0.05, 0.1) is 11.7 Å². The Morgan fingerprint density at radius 3 is 2.62 bits per heavy atom. The van der Waals surface area contributed by atoms with E-state index in [1.165, 1.54) is 42.4 Å². The van der Waals surface area contributed by atoms with E-state index in [1.54, 1.807) is 4.68 Å². The van der Waals surface area contributed by atoms with Crippen LogP contribution in [-0.4, -0.2) is 20.2 Å². The molecular weight excluding hydrogens is 298 g/mol. The molecule has 1 aromatic heterocycles. The van der Waals surface area contributed by atoms with Gasteiger partial charge < -0.3 is 5.32 Å². The number of aryl methyl sites for hydroxylation is 2. The van der Waals surface area contributed by atoms with Gasteiger partial charge in [-0.3, -0.25) is 0 Å². The highest BCUT2D eigenvalue weighted by molar-refractivity contribution is 5.42. The number of benzene rings is 2. The lowest BCUT2D eigenvalue weighted by Gasteiger charge is -2.20. The maximum absolute atomic E-state index is 4.14. The van der Waals surface area contributed by atoms with Crippen molar-refractivity contribution in [3.8, 4) is 5.69 Å². The molecule has 0 saturated carbocycles. The minimum Gasteiger partial charge on any atom is -0.346 e. The first-order valence-corrected chi connectivity index (χ1v) is 8.53.